The molecule has 102 valence electrons. The van der Waals surface area contributed by atoms with Gasteiger partial charge >= 0.3 is 5.97 Å². The number of aliphatic carboxylic acids is 1. The van der Waals surface area contributed by atoms with Gasteiger partial charge in [0.2, 0.25) is 5.91 Å². The molecule has 0 saturated heterocycles. The van der Waals surface area contributed by atoms with Crippen molar-refractivity contribution in [3.63, 3.8) is 0 Å². The summed E-state index contributed by atoms with van der Waals surface area (Å²) in [5, 5.41) is 14.9. The van der Waals surface area contributed by atoms with Crippen molar-refractivity contribution in [2.45, 2.75) is 38.8 Å². The van der Waals surface area contributed by atoms with Crippen molar-refractivity contribution in [3.05, 3.63) is 29.3 Å². The average Bonchev–Trinajstić information content (AvgIpc) is 2.36. The highest BCUT2D eigenvalue weighted by Gasteiger charge is 2.26. The van der Waals surface area contributed by atoms with E-state index in [0.29, 0.717) is 13.0 Å². The van der Waals surface area contributed by atoms with Crippen LogP contribution in [0.15, 0.2) is 18.2 Å². The number of aryl methyl sites for hydroxylation is 1. The highest BCUT2D eigenvalue weighted by Crippen LogP contribution is 2.23. The monoisotopic (exact) mass is 262 g/mol. The van der Waals surface area contributed by atoms with Gasteiger partial charge in [0, 0.05) is 18.7 Å². The standard InChI is InChI=1S/C14H18N2O3/c1-14(2,13(18)19)15-8-9-3-5-11-10(7-9)4-6-12(17)16-11/h3,5,7,15H,4,6,8H2,1-2H3,(H,16,17)(H,18,19). The first-order chi connectivity index (χ1) is 8.88. The second-order valence-corrected chi connectivity index (χ2v) is 5.32. The van der Waals surface area contributed by atoms with Crippen LogP contribution in [-0.2, 0) is 22.6 Å². The number of fused-ring (bicyclic) bond motifs is 1. The van der Waals surface area contributed by atoms with Crippen LogP contribution in [0.3, 0.4) is 0 Å². The van der Waals surface area contributed by atoms with Crippen LogP contribution in [0.1, 0.15) is 31.4 Å². The maximum atomic E-state index is 11.3. The zero-order valence-electron chi connectivity index (χ0n) is 11.1. The Hall–Kier alpha value is -1.88. The van der Waals surface area contributed by atoms with Gasteiger partial charge < -0.3 is 10.4 Å². The summed E-state index contributed by atoms with van der Waals surface area (Å²) in [5.74, 6) is -0.830. The van der Waals surface area contributed by atoms with Crippen LogP contribution in [-0.4, -0.2) is 22.5 Å². The second-order valence-electron chi connectivity index (χ2n) is 5.32. The number of carbonyl (C=O) groups is 2. The van der Waals surface area contributed by atoms with E-state index in [-0.39, 0.29) is 5.91 Å². The van der Waals surface area contributed by atoms with Crippen LogP contribution in [0.25, 0.3) is 0 Å². The van der Waals surface area contributed by atoms with Crippen molar-refractivity contribution in [3.8, 4) is 0 Å². The fourth-order valence-corrected chi connectivity index (χ4v) is 1.95. The van der Waals surface area contributed by atoms with Crippen molar-refractivity contribution in [1.82, 2.24) is 5.32 Å². The van der Waals surface area contributed by atoms with E-state index < -0.39 is 11.5 Å². The number of carbonyl (C=O) groups excluding carboxylic acids is 1. The van der Waals surface area contributed by atoms with E-state index in [0.717, 1.165) is 23.2 Å². The quantitative estimate of drug-likeness (QED) is 0.768. The summed E-state index contributed by atoms with van der Waals surface area (Å²) in [7, 11) is 0. The fraction of sp³-hybridized carbons (Fsp3) is 0.429. The molecule has 0 unspecified atom stereocenters. The van der Waals surface area contributed by atoms with Crippen LogP contribution in [0.4, 0.5) is 5.69 Å². The van der Waals surface area contributed by atoms with Crippen LogP contribution in [0.5, 0.6) is 0 Å². The third kappa shape index (κ3) is 3.12. The molecular weight excluding hydrogens is 244 g/mol. The van der Waals surface area contributed by atoms with Crippen molar-refractivity contribution >= 4 is 17.6 Å². The molecule has 0 radical (unpaired) electrons. The fourth-order valence-electron chi connectivity index (χ4n) is 1.95. The van der Waals surface area contributed by atoms with E-state index in [1.54, 1.807) is 13.8 Å². The number of hydrogen-bond acceptors (Lipinski definition) is 3. The minimum absolute atomic E-state index is 0.0467. The summed E-state index contributed by atoms with van der Waals surface area (Å²) in [6.07, 6.45) is 1.24. The van der Waals surface area contributed by atoms with E-state index in [4.69, 9.17) is 5.11 Å². The molecule has 2 rings (SSSR count). The Morgan fingerprint density at radius 1 is 1.42 bits per heavy atom. The molecule has 5 nitrogen and oxygen atoms in total. The Bertz CT molecular complexity index is 523. The number of benzene rings is 1. The molecule has 0 bridgehead atoms. The first-order valence-corrected chi connectivity index (χ1v) is 6.28. The Balaban J connectivity index is 2.07. The Kier molecular flexibility index (Phi) is 3.57. The smallest absolute Gasteiger partial charge is 0.323 e. The lowest BCUT2D eigenvalue weighted by Gasteiger charge is -2.22. The summed E-state index contributed by atoms with van der Waals surface area (Å²) < 4.78 is 0. The molecular formula is C14H18N2O3. The normalized spacial score (nSPS) is 14.7. The van der Waals surface area contributed by atoms with E-state index in [1.165, 1.54) is 0 Å². The molecule has 1 heterocycles. The molecule has 0 aromatic heterocycles. The van der Waals surface area contributed by atoms with Crippen molar-refractivity contribution in [2.75, 3.05) is 5.32 Å². The van der Waals surface area contributed by atoms with Crippen LogP contribution < -0.4 is 10.6 Å². The van der Waals surface area contributed by atoms with Crippen molar-refractivity contribution in [2.24, 2.45) is 0 Å². The van der Waals surface area contributed by atoms with Gasteiger partial charge in [-0.1, -0.05) is 12.1 Å². The minimum atomic E-state index is -0.954. The number of anilines is 1. The number of rotatable bonds is 4. The second kappa shape index (κ2) is 5.01. The lowest BCUT2D eigenvalue weighted by atomic mass is 9.99. The van der Waals surface area contributed by atoms with E-state index >= 15 is 0 Å². The number of amides is 1. The first kappa shape index (κ1) is 13.5. The van der Waals surface area contributed by atoms with E-state index in [9.17, 15) is 9.59 Å². The lowest BCUT2D eigenvalue weighted by Crippen LogP contribution is -2.46. The largest absolute Gasteiger partial charge is 0.480 e. The molecule has 1 aromatic rings. The van der Waals surface area contributed by atoms with E-state index in [2.05, 4.69) is 10.6 Å². The van der Waals surface area contributed by atoms with Crippen LogP contribution >= 0.6 is 0 Å². The Morgan fingerprint density at radius 3 is 2.84 bits per heavy atom. The molecule has 19 heavy (non-hydrogen) atoms. The molecule has 0 spiro atoms. The highest BCUT2D eigenvalue weighted by atomic mass is 16.4. The van der Waals surface area contributed by atoms with Crippen molar-refractivity contribution in [1.29, 1.82) is 0 Å². The maximum Gasteiger partial charge on any atom is 0.323 e. The van der Waals surface area contributed by atoms with Gasteiger partial charge in [0.25, 0.3) is 0 Å². The van der Waals surface area contributed by atoms with Gasteiger partial charge in [-0.3, -0.25) is 14.9 Å². The Labute approximate surface area is 112 Å². The molecule has 0 fully saturated rings. The molecule has 5 heteroatoms. The number of carboxylic acids is 1. The molecule has 3 N–H and O–H groups in total. The third-order valence-electron chi connectivity index (χ3n) is 3.33. The SMILES string of the molecule is CC(C)(NCc1ccc2c(c1)CCC(=O)N2)C(=O)O. The zero-order valence-corrected chi connectivity index (χ0v) is 11.1. The van der Waals surface area contributed by atoms with Gasteiger partial charge in [-0.15, -0.1) is 0 Å². The summed E-state index contributed by atoms with van der Waals surface area (Å²) in [6.45, 7) is 3.75. The van der Waals surface area contributed by atoms with Crippen molar-refractivity contribution < 1.29 is 14.7 Å². The minimum Gasteiger partial charge on any atom is -0.480 e. The predicted molar refractivity (Wildman–Crippen MR) is 71.9 cm³/mol. The van der Waals surface area contributed by atoms with Gasteiger partial charge in [0.1, 0.15) is 5.54 Å². The molecule has 0 atom stereocenters. The van der Waals surface area contributed by atoms with Gasteiger partial charge in [-0.25, -0.2) is 0 Å². The molecule has 0 saturated carbocycles. The lowest BCUT2D eigenvalue weighted by molar-refractivity contribution is -0.143. The molecule has 1 aliphatic heterocycles. The molecule has 0 aliphatic carbocycles. The van der Waals surface area contributed by atoms with Gasteiger partial charge in [-0.2, -0.15) is 0 Å². The first-order valence-electron chi connectivity index (χ1n) is 6.28. The predicted octanol–water partition coefficient (Wildman–Crippen LogP) is 1.52. The van der Waals surface area contributed by atoms with Crippen LogP contribution in [0, 0.1) is 0 Å². The average molecular weight is 262 g/mol. The van der Waals surface area contributed by atoms with Gasteiger partial charge in [0.05, 0.1) is 0 Å². The number of nitrogens with one attached hydrogen (secondary N) is 2. The maximum absolute atomic E-state index is 11.3. The summed E-state index contributed by atoms with van der Waals surface area (Å²) >= 11 is 0. The summed E-state index contributed by atoms with van der Waals surface area (Å²) in [6, 6.07) is 5.78. The highest BCUT2D eigenvalue weighted by molar-refractivity contribution is 5.93. The molecule has 1 aliphatic rings. The molecule has 1 amide bonds. The third-order valence-corrected chi connectivity index (χ3v) is 3.33. The van der Waals surface area contributed by atoms with Gasteiger partial charge in [0.15, 0.2) is 0 Å². The van der Waals surface area contributed by atoms with E-state index in [1.807, 2.05) is 18.2 Å². The van der Waals surface area contributed by atoms with Gasteiger partial charge in [-0.05, 0) is 37.5 Å². The zero-order chi connectivity index (χ0) is 14.0. The Morgan fingerprint density at radius 2 is 2.16 bits per heavy atom. The number of hydrogen-bond donors (Lipinski definition) is 3. The number of carboxylic acid groups (broad SMARTS) is 1. The molecule has 1 aromatic carbocycles. The summed E-state index contributed by atoms with van der Waals surface area (Å²) in [4.78, 5) is 22.3. The summed E-state index contributed by atoms with van der Waals surface area (Å²) in [5.41, 5.74) is 2.03. The van der Waals surface area contributed by atoms with Crippen LogP contribution in [0.2, 0.25) is 0 Å². The topological polar surface area (TPSA) is 78.4 Å².